The Bertz CT molecular complexity index is 528. The molecule has 0 atom stereocenters. The summed E-state index contributed by atoms with van der Waals surface area (Å²) in [6, 6.07) is 1.93. The molecule has 0 aliphatic heterocycles. The smallest absolute Gasteiger partial charge is 0.192 e. The summed E-state index contributed by atoms with van der Waals surface area (Å²) in [4.78, 5) is 9.79. The second-order valence-electron chi connectivity index (χ2n) is 5.42. The lowest BCUT2D eigenvalue weighted by Gasteiger charge is -2.20. The summed E-state index contributed by atoms with van der Waals surface area (Å²) in [6.45, 7) is 9.13. The van der Waals surface area contributed by atoms with E-state index >= 15 is 0 Å². The number of aryl methyl sites for hydroxylation is 1. The Hall–Kier alpha value is -1.33. The van der Waals surface area contributed by atoms with Gasteiger partial charge in [-0.25, -0.2) is 9.97 Å². The number of furan rings is 1. The Morgan fingerprint density at radius 3 is 2.47 bits per heavy atom. The van der Waals surface area contributed by atoms with Crippen molar-refractivity contribution in [3.8, 4) is 0 Å². The van der Waals surface area contributed by atoms with Crippen LogP contribution in [0.5, 0.6) is 0 Å². The van der Waals surface area contributed by atoms with Crippen molar-refractivity contribution in [2.75, 3.05) is 0 Å². The van der Waals surface area contributed by atoms with Crippen molar-refractivity contribution in [1.29, 1.82) is 0 Å². The second-order valence-corrected chi connectivity index (χ2v) is 6.43. The molecule has 0 unspecified atom stereocenters. The van der Waals surface area contributed by atoms with Crippen molar-refractivity contribution in [1.82, 2.24) is 15.3 Å². The van der Waals surface area contributed by atoms with Crippen molar-refractivity contribution in [2.24, 2.45) is 0 Å². The molecule has 0 aliphatic carbocycles. The van der Waals surface area contributed by atoms with Crippen molar-refractivity contribution >= 4 is 11.8 Å². The molecule has 0 spiro atoms. The zero-order chi connectivity index (χ0) is 13.9. The standard InChI is InChI=1S/C14H19N3OS/c1-10-12(5-6-18-10)19-13-15-7-11(8-16-13)9-17-14(2,3)4/h5-8,17H,9H2,1-4H3. The number of rotatable bonds is 4. The fourth-order valence-electron chi connectivity index (χ4n) is 1.43. The number of nitrogens with zero attached hydrogens (tertiary/aromatic N) is 2. The number of hydrogen-bond acceptors (Lipinski definition) is 5. The minimum atomic E-state index is 0.0985. The van der Waals surface area contributed by atoms with Gasteiger partial charge in [-0.3, -0.25) is 0 Å². The molecule has 0 saturated carbocycles. The van der Waals surface area contributed by atoms with Crippen LogP contribution in [-0.2, 0) is 6.54 Å². The van der Waals surface area contributed by atoms with E-state index in [4.69, 9.17) is 4.42 Å². The maximum atomic E-state index is 5.25. The highest BCUT2D eigenvalue weighted by Gasteiger charge is 2.09. The summed E-state index contributed by atoms with van der Waals surface area (Å²) in [5.41, 5.74) is 1.18. The minimum Gasteiger partial charge on any atom is -0.468 e. The quantitative estimate of drug-likeness (QED) is 0.868. The third kappa shape index (κ3) is 4.36. The first-order valence-corrected chi connectivity index (χ1v) is 7.03. The van der Waals surface area contributed by atoms with Gasteiger partial charge < -0.3 is 9.73 Å². The number of aromatic nitrogens is 2. The van der Waals surface area contributed by atoms with Gasteiger partial charge in [-0.2, -0.15) is 0 Å². The van der Waals surface area contributed by atoms with E-state index in [9.17, 15) is 0 Å². The summed E-state index contributed by atoms with van der Waals surface area (Å²) >= 11 is 1.52. The largest absolute Gasteiger partial charge is 0.468 e. The van der Waals surface area contributed by atoms with Crippen molar-refractivity contribution in [3.63, 3.8) is 0 Å². The molecule has 0 radical (unpaired) electrons. The lowest BCUT2D eigenvalue weighted by molar-refractivity contribution is 0.423. The van der Waals surface area contributed by atoms with Crippen molar-refractivity contribution in [3.05, 3.63) is 36.0 Å². The highest BCUT2D eigenvalue weighted by Crippen LogP contribution is 2.27. The number of hydrogen-bond donors (Lipinski definition) is 1. The summed E-state index contributed by atoms with van der Waals surface area (Å²) < 4.78 is 5.25. The highest BCUT2D eigenvalue weighted by atomic mass is 32.2. The Kier molecular flexibility index (Phi) is 4.27. The van der Waals surface area contributed by atoms with E-state index in [1.54, 1.807) is 6.26 Å². The molecule has 2 aromatic rings. The first kappa shape index (κ1) is 14.1. The van der Waals surface area contributed by atoms with E-state index in [0.29, 0.717) is 0 Å². The van der Waals surface area contributed by atoms with Gasteiger partial charge in [-0.1, -0.05) is 0 Å². The zero-order valence-electron chi connectivity index (χ0n) is 11.7. The van der Waals surface area contributed by atoms with Crippen LogP contribution in [0.25, 0.3) is 0 Å². The molecule has 4 nitrogen and oxygen atoms in total. The van der Waals surface area contributed by atoms with Gasteiger partial charge in [-0.05, 0) is 45.5 Å². The fraction of sp³-hybridized carbons (Fsp3) is 0.429. The summed E-state index contributed by atoms with van der Waals surface area (Å²) in [6.07, 6.45) is 5.41. The molecule has 0 bridgehead atoms. The van der Waals surface area contributed by atoms with Gasteiger partial charge in [0.05, 0.1) is 11.2 Å². The summed E-state index contributed by atoms with van der Waals surface area (Å²) in [5.74, 6) is 0.895. The molecule has 2 rings (SSSR count). The van der Waals surface area contributed by atoms with Crippen LogP contribution in [0.15, 0.2) is 39.2 Å². The first-order valence-electron chi connectivity index (χ1n) is 6.22. The minimum absolute atomic E-state index is 0.0985. The van der Waals surface area contributed by atoms with Crippen LogP contribution < -0.4 is 5.32 Å². The van der Waals surface area contributed by atoms with E-state index < -0.39 is 0 Å². The molecular weight excluding hydrogens is 258 g/mol. The molecule has 0 aromatic carbocycles. The molecule has 19 heavy (non-hydrogen) atoms. The molecule has 2 heterocycles. The van der Waals surface area contributed by atoms with Crippen LogP contribution >= 0.6 is 11.8 Å². The lowest BCUT2D eigenvalue weighted by Crippen LogP contribution is -2.35. The van der Waals surface area contributed by atoms with Gasteiger partial charge >= 0.3 is 0 Å². The van der Waals surface area contributed by atoms with Gasteiger partial charge in [0.2, 0.25) is 0 Å². The number of nitrogens with one attached hydrogen (secondary N) is 1. The van der Waals surface area contributed by atoms with Crippen molar-refractivity contribution < 1.29 is 4.42 Å². The molecule has 1 N–H and O–H groups in total. The maximum Gasteiger partial charge on any atom is 0.192 e. The summed E-state index contributed by atoms with van der Waals surface area (Å²) in [5, 5.41) is 4.15. The molecule has 102 valence electrons. The van der Waals surface area contributed by atoms with Crippen LogP contribution in [0.4, 0.5) is 0 Å². The van der Waals surface area contributed by atoms with Crippen LogP contribution in [0, 0.1) is 6.92 Å². The Labute approximate surface area is 118 Å². The summed E-state index contributed by atoms with van der Waals surface area (Å²) in [7, 11) is 0. The highest BCUT2D eigenvalue weighted by molar-refractivity contribution is 7.99. The Balaban J connectivity index is 1.97. The van der Waals surface area contributed by atoms with E-state index in [1.807, 2.05) is 25.4 Å². The maximum absolute atomic E-state index is 5.25. The average Bonchev–Trinajstić information content (AvgIpc) is 2.73. The van der Waals surface area contributed by atoms with Gasteiger partial charge in [-0.15, -0.1) is 0 Å². The first-order chi connectivity index (χ1) is 8.94. The third-order valence-corrected chi connectivity index (χ3v) is 3.55. The SMILES string of the molecule is Cc1occc1Sc1ncc(CNC(C)(C)C)cn1. The van der Waals surface area contributed by atoms with Crippen molar-refractivity contribution in [2.45, 2.75) is 49.8 Å². The fourth-order valence-corrected chi connectivity index (χ4v) is 2.15. The second kappa shape index (κ2) is 5.75. The van der Waals surface area contributed by atoms with Gasteiger partial charge in [0, 0.05) is 30.0 Å². The average molecular weight is 277 g/mol. The van der Waals surface area contributed by atoms with Gasteiger partial charge in [0.25, 0.3) is 0 Å². The van der Waals surface area contributed by atoms with E-state index in [2.05, 4.69) is 36.1 Å². The topological polar surface area (TPSA) is 51.0 Å². The van der Waals surface area contributed by atoms with Gasteiger partial charge in [0.1, 0.15) is 5.76 Å². The predicted octanol–water partition coefficient (Wildman–Crippen LogP) is 3.42. The molecular formula is C14H19N3OS. The van der Waals surface area contributed by atoms with Crippen LogP contribution in [-0.4, -0.2) is 15.5 Å². The predicted molar refractivity (Wildman–Crippen MR) is 76.2 cm³/mol. The van der Waals surface area contributed by atoms with E-state index in [-0.39, 0.29) is 5.54 Å². The Morgan fingerprint density at radius 2 is 1.95 bits per heavy atom. The van der Waals surface area contributed by atoms with Gasteiger partial charge in [0.15, 0.2) is 5.16 Å². The van der Waals surface area contributed by atoms with Crippen LogP contribution in [0.1, 0.15) is 32.1 Å². The van der Waals surface area contributed by atoms with Crippen LogP contribution in [0.3, 0.4) is 0 Å². The zero-order valence-corrected chi connectivity index (χ0v) is 12.5. The molecule has 2 aromatic heterocycles. The molecule has 0 fully saturated rings. The normalized spacial score (nSPS) is 11.8. The van der Waals surface area contributed by atoms with E-state index in [1.165, 1.54) is 11.8 Å². The Morgan fingerprint density at radius 1 is 1.26 bits per heavy atom. The lowest BCUT2D eigenvalue weighted by atomic mass is 10.1. The molecule has 0 amide bonds. The monoisotopic (exact) mass is 277 g/mol. The third-order valence-electron chi connectivity index (χ3n) is 2.52. The molecule has 0 saturated heterocycles. The van der Waals surface area contributed by atoms with E-state index in [0.717, 1.165) is 27.9 Å². The molecule has 5 heteroatoms. The molecule has 0 aliphatic rings. The van der Waals surface area contributed by atoms with Crippen LogP contribution in [0.2, 0.25) is 0 Å².